The number of carbonyl (C=O) groups is 2. The van der Waals surface area contributed by atoms with Crippen molar-refractivity contribution in [3.8, 4) is 0 Å². The van der Waals surface area contributed by atoms with Crippen molar-refractivity contribution in [2.75, 3.05) is 44.7 Å². The van der Waals surface area contributed by atoms with Crippen LogP contribution >= 0.6 is 0 Å². The Bertz CT molecular complexity index is 598. The van der Waals surface area contributed by atoms with E-state index in [9.17, 15) is 14.7 Å². The van der Waals surface area contributed by atoms with E-state index < -0.39 is 5.60 Å². The molecule has 1 atom stereocenters. The Balaban J connectivity index is 1.88. The number of benzene rings is 1. The number of rotatable bonds is 7. The van der Waals surface area contributed by atoms with Gasteiger partial charge < -0.3 is 20.5 Å². The molecule has 1 aromatic rings. The molecule has 1 aliphatic rings. The molecule has 2 rings (SSSR count). The predicted molar refractivity (Wildman–Crippen MR) is 95.6 cm³/mol. The summed E-state index contributed by atoms with van der Waals surface area (Å²) in [4.78, 5) is 25.9. The topological polar surface area (TPSA) is 90.9 Å². The first-order valence-corrected chi connectivity index (χ1v) is 8.60. The average Bonchev–Trinajstić information content (AvgIpc) is 2.60. The fourth-order valence-corrected chi connectivity index (χ4v) is 2.66. The van der Waals surface area contributed by atoms with Crippen LogP contribution in [0.15, 0.2) is 24.3 Å². The van der Waals surface area contributed by atoms with Gasteiger partial charge in [0.05, 0.1) is 18.8 Å². The Morgan fingerprint density at radius 3 is 2.72 bits per heavy atom. The Hall–Kier alpha value is -1.96. The molecule has 0 radical (unpaired) electrons. The average molecular weight is 349 g/mol. The monoisotopic (exact) mass is 349 g/mol. The van der Waals surface area contributed by atoms with Crippen LogP contribution in [0.5, 0.6) is 0 Å². The molecule has 3 N–H and O–H groups in total. The summed E-state index contributed by atoms with van der Waals surface area (Å²) in [6.45, 7) is 6.99. The van der Waals surface area contributed by atoms with E-state index in [0.717, 1.165) is 13.1 Å². The zero-order chi connectivity index (χ0) is 18.3. The molecule has 0 aromatic heterocycles. The van der Waals surface area contributed by atoms with Crippen molar-refractivity contribution in [1.29, 1.82) is 0 Å². The van der Waals surface area contributed by atoms with Crippen LogP contribution in [0, 0.1) is 0 Å². The van der Waals surface area contributed by atoms with Gasteiger partial charge in [0, 0.05) is 43.9 Å². The number of aliphatic hydroxyl groups is 1. The smallest absolute Gasteiger partial charge is 0.251 e. The molecule has 7 heteroatoms. The van der Waals surface area contributed by atoms with Gasteiger partial charge >= 0.3 is 0 Å². The lowest BCUT2D eigenvalue weighted by atomic mass is 10.1. The Kier molecular flexibility index (Phi) is 6.92. The van der Waals surface area contributed by atoms with Gasteiger partial charge in [0.15, 0.2) is 0 Å². The van der Waals surface area contributed by atoms with Crippen molar-refractivity contribution in [3.63, 3.8) is 0 Å². The number of carbonyl (C=O) groups excluding carboxylic acids is 2. The predicted octanol–water partition coefficient (Wildman–Crippen LogP) is 0.848. The molecule has 25 heavy (non-hydrogen) atoms. The highest BCUT2D eigenvalue weighted by atomic mass is 16.5. The summed E-state index contributed by atoms with van der Waals surface area (Å²) in [5, 5.41) is 16.0. The molecular formula is C18H27N3O4. The highest BCUT2D eigenvalue weighted by Gasteiger charge is 2.26. The molecule has 1 saturated heterocycles. The van der Waals surface area contributed by atoms with Crippen molar-refractivity contribution in [2.24, 2.45) is 0 Å². The molecule has 138 valence electrons. The molecule has 0 saturated carbocycles. The lowest BCUT2D eigenvalue weighted by Crippen LogP contribution is -2.51. The third-order valence-corrected chi connectivity index (χ3v) is 4.03. The van der Waals surface area contributed by atoms with Gasteiger partial charge in [0.2, 0.25) is 5.91 Å². The number of anilines is 1. The Morgan fingerprint density at radius 2 is 2.04 bits per heavy atom. The molecule has 1 heterocycles. The van der Waals surface area contributed by atoms with Crippen molar-refractivity contribution in [2.45, 2.75) is 25.9 Å². The maximum absolute atomic E-state index is 12.3. The molecule has 0 bridgehead atoms. The highest BCUT2D eigenvalue weighted by Crippen LogP contribution is 2.12. The standard InChI is InChI=1S/C18H27N3O4/c1-3-16(22)20-15-6-4-5-14(11-15)17(23)19-12-18(2,24)13-21-7-9-25-10-8-21/h4-6,11,24H,3,7-10,12-13H2,1-2H3,(H,19,23)(H,20,22)/t18-/m1/s1. The van der Waals surface area contributed by atoms with E-state index in [0.29, 0.717) is 37.4 Å². The first kappa shape index (κ1) is 19.4. The summed E-state index contributed by atoms with van der Waals surface area (Å²) in [5.74, 6) is -0.388. The number of ether oxygens (including phenoxy) is 1. The summed E-state index contributed by atoms with van der Waals surface area (Å²) < 4.78 is 5.29. The Morgan fingerprint density at radius 1 is 1.32 bits per heavy atom. The van der Waals surface area contributed by atoms with Crippen LogP contribution in [0.4, 0.5) is 5.69 Å². The maximum atomic E-state index is 12.3. The lowest BCUT2D eigenvalue weighted by Gasteiger charge is -2.33. The maximum Gasteiger partial charge on any atom is 0.251 e. The van der Waals surface area contributed by atoms with Gasteiger partial charge in [0.25, 0.3) is 5.91 Å². The van der Waals surface area contributed by atoms with Crippen LogP contribution in [-0.2, 0) is 9.53 Å². The minimum absolute atomic E-state index is 0.106. The van der Waals surface area contributed by atoms with Gasteiger partial charge in [-0.3, -0.25) is 14.5 Å². The number of hydrogen-bond donors (Lipinski definition) is 3. The van der Waals surface area contributed by atoms with Gasteiger partial charge in [-0.15, -0.1) is 0 Å². The van der Waals surface area contributed by atoms with Crippen molar-refractivity contribution < 1.29 is 19.4 Å². The number of nitrogens with zero attached hydrogens (tertiary/aromatic N) is 1. The van der Waals surface area contributed by atoms with E-state index in [1.807, 2.05) is 0 Å². The third-order valence-electron chi connectivity index (χ3n) is 4.03. The SMILES string of the molecule is CCC(=O)Nc1cccc(C(=O)NC[C@@](C)(O)CN2CCOCC2)c1. The van der Waals surface area contributed by atoms with E-state index in [1.54, 1.807) is 38.1 Å². The van der Waals surface area contributed by atoms with Crippen LogP contribution in [0.2, 0.25) is 0 Å². The van der Waals surface area contributed by atoms with Crippen LogP contribution in [0.25, 0.3) is 0 Å². The first-order chi connectivity index (χ1) is 11.9. The Labute approximate surface area is 148 Å². The number of amides is 2. The van der Waals surface area contributed by atoms with Crippen molar-refractivity contribution in [1.82, 2.24) is 10.2 Å². The van der Waals surface area contributed by atoms with Gasteiger partial charge in [-0.05, 0) is 25.1 Å². The zero-order valence-electron chi connectivity index (χ0n) is 14.9. The molecular weight excluding hydrogens is 322 g/mol. The fourth-order valence-electron chi connectivity index (χ4n) is 2.66. The van der Waals surface area contributed by atoms with E-state index >= 15 is 0 Å². The van der Waals surface area contributed by atoms with Gasteiger partial charge in [-0.2, -0.15) is 0 Å². The van der Waals surface area contributed by atoms with E-state index in [4.69, 9.17) is 4.74 Å². The molecule has 2 amide bonds. The number of nitrogens with one attached hydrogen (secondary N) is 2. The number of hydrogen-bond acceptors (Lipinski definition) is 5. The van der Waals surface area contributed by atoms with Crippen molar-refractivity contribution >= 4 is 17.5 Å². The number of morpholine rings is 1. The summed E-state index contributed by atoms with van der Waals surface area (Å²) >= 11 is 0. The lowest BCUT2D eigenvalue weighted by molar-refractivity contribution is -0.115. The van der Waals surface area contributed by atoms with Gasteiger partial charge in [-0.1, -0.05) is 13.0 Å². The van der Waals surface area contributed by atoms with Crippen LogP contribution < -0.4 is 10.6 Å². The van der Waals surface area contributed by atoms with Gasteiger partial charge in [-0.25, -0.2) is 0 Å². The second-order valence-electron chi connectivity index (χ2n) is 6.55. The molecule has 1 fully saturated rings. The van der Waals surface area contributed by atoms with E-state index in [-0.39, 0.29) is 18.4 Å². The highest BCUT2D eigenvalue weighted by molar-refractivity contribution is 5.97. The summed E-state index contributed by atoms with van der Waals surface area (Å²) in [5.41, 5.74) is -0.00300. The molecule has 7 nitrogen and oxygen atoms in total. The van der Waals surface area contributed by atoms with Crippen LogP contribution in [-0.4, -0.2) is 66.8 Å². The third kappa shape index (κ3) is 6.45. The van der Waals surface area contributed by atoms with Gasteiger partial charge in [0.1, 0.15) is 0 Å². The second-order valence-corrected chi connectivity index (χ2v) is 6.55. The second kappa shape index (κ2) is 8.94. The largest absolute Gasteiger partial charge is 0.387 e. The minimum atomic E-state index is -1.03. The molecule has 1 aromatic carbocycles. The first-order valence-electron chi connectivity index (χ1n) is 8.60. The summed E-state index contributed by atoms with van der Waals surface area (Å²) in [7, 11) is 0. The zero-order valence-corrected chi connectivity index (χ0v) is 14.9. The summed E-state index contributed by atoms with van der Waals surface area (Å²) in [6, 6.07) is 6.75. The molecule has 1 aliphatic heterocycles. The normalized spacial score (nSPS) is 17.6. The van der Waals surface area contributed by atoms with Crippen LogP contribution in [0.1, 0.15) is 30.6 Å². The quantitative estimate of drug-likeness (QED) is 0.679. The number of β-amino-alcohol motifs (C(OH)–C–C–N with tert-alkyl or cyclic N) is 1. The fraction of sp³-hybridized carbons (Fsp3) is 0.556. The van der Waals surface area contributed by atoms with E-state index in [1.165, 1.54) is 0 Å². The molecule has 0 aliphatic carbocycles. The van der Waals surface area contributed by atoms with Crippen LogP contribution in [0.3, 0.4) is 0 Å². The molecule has 0 spiro atoms. The molecule has 0 unspecified atom stereocenters. The summed E-state index contributed by atoms with van der Waals surface area (Å²) in [6.07, 6.45) is 0.376. The van der Waals surface area contributed by atoms with Crippen molar-refractivity contribution in [3.05, 3.63) is 29.8 Å². The minimum Gasteiger partial charge on any atom is -0.387 e. The van der Waals surface area contributed by atoms with E-state index in [2.05, 4.69) is 15.5 Å².